The molecule has 2 fully saturated rings. The third kappa shape index (κ3) is 2.38. The lowest BCUT2D eigenvalue weighted by molar-refractivity contribution is 0.532. The summed E-state index contributed by atoms with van der Waals surface area (Å²) in [7, 11) is 0. The average Bonchev–Trinajstić information content (AvgIpc) is 2.98. The summed E-state index contributed by atoms with van der Waals surface area (Å²) in [5, 5.41) is 2.93. The van der Waals surface area contributed by atoms with E-state index in [1.54, 1.807) is 0 Å². The van der Waals surface area contributed by atoms with Gasteiger partial charge in [-0.1, -0.05) is 54.9 Å². The van der Waals surface area contributed by atoms with Gasteiger partial charge in [-0.25, -0.2) is 0 Å². The number of nitrogens with zero attached hydrogens (tertiary/aromatic N) is 1. The van der Waals surface area contributed by atoms with Gasteiger partial charge in [-0.05, 0) is 26.7 Å². The van der Waals surface area contributed by atoms with Crippen LogP contribution in [0.2, 0.25) is 0 Å². The second-order valence-electron chi connectivity index (χ2n) is 6.60. The minimum absolute atomic E-state index is 0.00944. The number of thioether (sulfide) groups is 3. The Morgan fingerprint density at radius 3 is 2.24 bits per heavy atom. The molecule has 1 aromatic rings. The molecule has 3 aliphatic rings. The third-order valence-electron chi connectivity index (χ3n) is 4.64. The van der Waals surface area contributed by atoms with E-state index in [0.717, 1.165) is 10.5 Å². The van der Waals surface area contributed by atoms with Gasteiger partial charge in [0.05, 0.1) is 5.54 Å². The van der Waals surface area contributed by atoms with E-state index in [1.165, 1.54) is 36.3 Å². The number of rotatable bonds is 1. The number of hydrogen-bond acceptors (Lipinski definition) is 4. The molecule has 0 N–H and O–H groups in total. The van der Waals surface area contributed by atoms with Crippen molar-refractivity contribution >= 4 is 40.3 Å². The molecule has 1 aliphatic carbocycles. The fraction of sp³-hybridized carbons (Fsp3) is 0.588. The van der Waals surface area contributed by atoms with Gasteiger partial charge in [0.1, 0.15) is 8.45 Å². The Morgan fingerprint density at radius 1 is 1.00 bits per heavy atom. The van der Waals surface area contributed by atoms with Gasteiger partial charge in [-0.3, -0.25) is 4.99 Å². The topological polar surface area (TPSA) is 12.4 Å². The summed E-state index contributed by atoms with van der Waals surface area (Å²) in [5.41, 5.74) is 1.29. The van der Waals surface area contributed by atoms with Crippen molar-refractivity contribution in [3.05, 3.63) is 35.9 Å². The second kappa shape index (κ2) is 5.24. The molecule has 1 spiro atoms. The number of benzene rings is 1. The molecule has 112 valence electrons. The Morgan fingerprint density at radius 2 is 1.62 bits per heavy atom. The Balaban J connectivity index is 1.64. The van der Waals surface area contributed by atoms with Crippen LogP contribution < -0.4 is 0 Å². The number of fused-ring (bicyclic) bond motifs is 1. The van der Waals surface area contributed by atoms with E-state index in [9.17, 15) is 0 Å². The maximum Gasteiger partial charge on any atom is 0.138 e. The Hall–Kier alpha value is -0.0600. The van der Waals surface area contributed by atoms with Crippen molar-refractivity contribution in [3.63, 3.8) is 0 Å². The largest absolute Gasteiger partial charge is 0.268 e. The lowest BCUT2D eigenvalue weighted by Crippen LogP contribution is -2.35. The first kappa shape index (κ1) is 14.5. The van der Waals surface area contributed by atoms with E-state index >= 15 is 0 Å². The summed E-state index contributed by atoms with van der Waals surface area (Å²) in [6.45, 7) is 4.65. The van der Waals surface area contributed by atoms with Crippen LogP contribution in [0.5, 0.6) is 0 Å². The van der Waals surface area contributed by atoms with Gasteiger partial charge in [0.15, 0.2) is 0 Å². The van der Waals surface area contributed by atoms with Crippen molar-refractivity contribution in [2.75, 3.05) is 0 Å². The zero-order chi connectivity index (χ0) is 14.5. The van der Waals surface area contributed by atoms with E-state index in [1.807, 2.05) is 11.8 Å². The standard InChI is InChI=1S/C17H21NS3/c1-16(2)17(19-13-10-6-7-11-14(13)20-17)21-15(18-16)12-8-4-3-5-9-12/h3-5,8-9,13-14H,6-7,10-11H2,1-2H3/t13-,14-/m1/s1. The van der Waals surface area contributed by atoms with Gasteiger partial charge in [-0.2, -0.15) is 0 Å². The SMILES string of the molecule is CC1(C)N=C(c2ccccc2)SC12S[C@@H]1CCCC[C@H]1S2. The summed E-state index contributed by atoms with van der Waals surface area (Å²) >= 11 is 6.47. The first-order valence-electron chi connectivity index (χ1n) is 7.80. The summed E-state index contributed by atoms with van der Waals surface area (Å²) in [4.78, 5) is 5.12. The predicted octanol–water partition coefficient (Wildman–Crippen LogP) is 5.40. The molecular weight excluding hydrogens is 314 g/mol. The van der Waals surface area contributed by atoms with E-state index in [4.69, 9.17) is 4.99 Å². The second-order valence-corrected chi connectivity index (χ2v) is 11.5. The molecule has 1 saturated carbocycles. The maximum absolute atomic E-state index is 5.12. The molecule has 0 radical (unpaired) electrons. The molecule has 1 aromatic carbocycles. The van der Waals surface area contributed by atoms with Crippen LogP contribution in [0.15, 0.2) is 35.3 Å². The summed E-state index contributed by atoms with van der Waals surface area (Å²) < 4.78 is 0.192. The van der Waals surface area contributed by atoms with Crippen LogP contribution in [-0.4, -0.2) is 24.5 Å². The molecular formula is C17H21NS3. The molecule has 1 nitrogen and oxygen atoms in total. The molecule has 2 atom stereocenters. The number of hydrogen-bond donors (Lipinski definition) is 0. The quantitative estimate of drug-likeness (QED) is 0.681. The maximum atomic E-state index is 5.12. The molecule has 0 amide bonds. The van der Waals surface area contributed by atoms with Gasteiger partial charge in [0.2, 0.25) is 0 Å². The molecule has 2 heterocycles. The fourth-order valence-electron chi connectivity index (χ4n) is 3.40. The highest BCUT2D eigenvalue weighted by atomic mass is 32.3. The molecule has 1 saturated heterocycles. The summed E-state index contributed by atoms with van der Waals surface area (Å²) in [6.07, 6.45) is 5.65. The Bertz CT molecular complexity index is 553. The summed E-state index contributed by atoms with van der Waals surface area (Å²) in [6, 6.07) is 10.7. The first-order chi connectivity index (χ1) is 10.1. The normalized spacial score (nSPS) is 33.0. The predicted molar refractivity (Wildman–Crippen MR) is 98.6 cm³/mol. The molecule has 0 bridgehead atoms. The average molecular weight is 336 g/mol. The van der Waals surface area contributed by atoms with Crippen molar-refractivity contribution < 1.29 is 0 Å². The van der Waals surface area contributed by atoms with Crippen molar-refractivity contribution in [2.24, 2.45) is 4.99 Å². The summed E-state index contributed by atoms with van der Waals surface area (Å²) in [5.74, 6) is 0. The highest BCUT2D eigenvalue weighted by Gasteiger charge is 2.59. The van der Waals surface area contributed by atoms with Crippen LogP contribution in [0.25, 0.3) is 0 Å². The number of aliphatic imine (C=N–C) groups is 1. The van der Waals surface area contributed by atoms with Crippen molar-refractivity contribution in [1.82, 2.24) is 0 Å². The Kier molecular flexibility index (Phi) is 3.63. The highest BCUT2D eigenvalue weighted by molar-refractivity contribution is 8.41. The lowest BCUT2D eigenvalue weighted by atomic mass is 10.00. The van der Waals surface area contributed by atoms with Crippen LogP contribution in [0.1, 0.15) is 45.1 Å². The fourth-order valence-corrected chi connectivity index (χ4v) is 9.98. The monoisotopic (exact) mass is 335 g/mol. The third-order valence-corrected chi connectivity index (χ3v) is 11.1. The van der Waals surface area contributed by atoms with Gasteiger partial charge in [0, 0.05) is 16.1 Å². The van der Waals surface area contributed by atoms with Gasteiger partial charge < -0.3 is 0 Å². The van der Waals surface area contributed by atoms with E-state index in [2.05, 4.69) is 67.7 Å². The minimum Gasteiger partial charge on any atom is -0.268 e. The van der Waals surface area contributed by atoms with Crippen LogP contribution in [0.4, 0.5) is 0 Å². The molecule has 4 heteroatoms. The van der Waals surface area contributed by atoms with Crippen LogP contribution in [-0.2, 0) is 0 Å². The van der Waals surface area contributed by atoms with Crippen LogP contribution in [0, 0.1) is 0 Å². The van der Waals surface area contributed by atoms with E-state index in [-0.39, 0.29) is 8.95 Å². The van der Waals surface area contributed by atoms with Gasteiger partial charge in [-0.15, -0.1) is 23.5 Å². The van der Waals surface area contributed by atoms with Crippen molar-refractivity contribution in [1.29, 1.82) is 0 Å². The molecule has 0 unspecified atom stereocenters. The zero-order valence-corrected chi connectivity index (χ0v) is 15.0. The molecule has 21 heavy (non-hydrogen) atoms. The Labute approximate surface area is 140 Å². The molecule has 0 aromatic heterocycles. The van der Waals surface area contributed by atoms with Gasteiger partial charge >= 0.3 is 0 Å². The lowest BCUT2D eigenvalue weighted by Gasteiger charge is -2.33. The minimum atomic E-state index is 0.00944. The van der Waals surface area contributed by atoms with E-state index in [0.29, 0.717) is 0 Å². The molecule has 4 rings (SSSR count). The van der Waals surface area contributed by atoms with Crippen LogP contribution in [0.3, 0.4) is 0 Å². The highest BCUT2D eigenvalue weighted by Crippen LogP contribution is 2.69. The van der Waals surface area contributed by atoms with Crippen molar-refractivity contribution in [2.45, 2.75) is 59.0 Å². The molecule has 2 aliphatic heterocycles. The zero-order valence-electron chi connectivity index (χ0n) is 12.5. The van der Waals surface area contributed by atoms with Crippen LogP contribution >= 0.6 is 35.3 Å². The van der Waals surface area contributed by atoms with Gasteiger partial charge in [0.25, 0.3) is 0 Å². The smallest absolute Gasteiger partial charge is 0.138 e. The first-order valence-corrected chi connectivity index (χ1v) is 10.4. The van der Waals surface area contributed by atoms with E-state index < -0.39 is 0 Å². The van der Waals surface area contributed by atoms with Crippen molar-refractivity contribution in [3.8, 4) is 0 Å².